The first-order valence-electron chi connectivity index (χ1n) is 15.8. The first-order valence-corrected chi connectivity index (χ1v) is 17.3. The number of nitrogens with zero attached hydrogens (tertiary/aromatic N) is 1. The van der Waals surface area contributed by atoms with E-state index in [-0.39, 0.29) is 0 Å². The molecule has 222 valence electrons. The van der Waals surface area contributed by atoms with Crippen molar-refractivity contribution >= 4 is 20.7 Å². The van der Waals surface area contributed by atoms with Crippen molar-refractivity contribution < 1.29 is 8.42 Å². The molecule has 0 saturated heterocycles. The summed E-state index contributed by atoms with van der Waals surface area (Å²) in [7, 11) is -3.73. The summed E-state index contributed by atoms with van der Waals surface area (Å²) in [4.78, 5) is 0.741. The number of aromatic nitrogens is 1. The van der Waals surface area contributed by atoms with Crippen molar-refractivity contribution in [2.75, 3.05) is 0 Å². The number of hydrogen-bond donors (Lipinski definition) is 0. The van der Waals surface area contributed by atoms with Gasteiger partial charge in [0, 0.05) is 11.1 Å². The number of sulfone groups is 1. The van der Waals surface area contributed by atoms with Crippen molar-refractivity contribution in [2.45, 2.75) is 35.5 Å². The van der Waals surface area contributed by atoms with E-state index in [2.05, 4.69) is 128 Å². The van der Waals surface area contributed by atoms with Gasteiger partial charge in [0.1, 0.15) is 0 Å². The Hall–Kier alpha value is -5.19. The molecule has 0 unspecified atom stereocenters. The Morgan fingerprint density at radius 3 is 1.96 bits per heavy atom. The molecule has 0 bridgehead atoms. The van der Waals surface area contributed by atoms with Crippen molar-refractivity contribution in [2.24, 2.45) is 0 Å². The van der Waals surface area contributed by atoms with Crippen LogP contribution >= 0.6 is 0 Å². The summed E-state index contributed by atoms with van der Waals surface area (Å²) < 4.78 is 30.7. The molecule has 1 aliphatic carbocycles. The second kappa shape index (κ2) is 9.65. The normalized spacial score (nSPS) is 14.9. The van der Waals surface area contributed by atoms with E-state index in [4.69, 9.17) is 0 Å². The Labute approximate surface area is 269 Å². The highest BCUT2D eigenvalue weighted by Crippen LogP contribution is 2.56. The van der Waals surface area contributed by atoms with Gasteiger partial charge in [-0.2, -0.15) is 0 Å². The summed E-state index contributed by atoms with van der Waals surface area (Å²) in [6.45, 7) is 4.23. The van der Waals surface area contributed by atoms with E-state index in [1.54, 1.807) is 6.07 Å². The minimum absolute atomic E-state index is 0.358. The summed E-state index contributed by atoms with van der Waals surface area (Å²) >= 11 is 0. The molecule has 1 aliphatic heterocycles. The maximum absolute atomic E-state index is 14.3. The van der Waals surface area contributed by atoms with Gasteiger partial charge < -0.3 is 4.57 Å². The van der Waals surface area contributed by atoms with E-state index in [9.17, 15) is 8.42 Å². The maximum Gasteiger partial charge on any atom is 0.210 e. The lowest BCUT2D eigenvalue weighted by Crippen LogP contribution is -2.28. The van der Waals surface area contributed by atoms with Gasteiger partial charge in [0.2, 0.25) is 9.84 Å². The fourth-order valence-corrected chi connectivity index (χ4v) is 9.92. The predicted octanol–water partition coefficient (Wildman–Crippen LogP) is 9.68. The summed E-state index contributed by atoms with van der Waals surface area (Å²) in [6, 6.07) is 48.4. The third-order valence-corrected chi connectivity index (χ3v) is 12.1. The molecule has 9 rings (SSSR count). The molecule has 0 radical (unpaired) electrons. The van der Waals surface area contributed by atoms with Gasteiger partial charge in [-0.3, -0.25) is 0 Å². The van der Waals surface area contributed by atoms with Crippen molar-refractivity contribution in [3.05, 3.63) is 173 Å². The first kappa shape index (κ1) is 27.1. The average molecular weight is 614 g/mol. The van der Waals surface area contributed by atoms with Crippen LogP contribution in [0.2, 0.25) is 0 Å². The molecule has 0 spiro atoms. The topological polar surface area (TPSA) is 39.1 Å². The largest absolute Gasteiger partial charge is 0.311 e. The minimum atomic E-state index is -3.73. The molecule has 2 aliphatic rings. The van der Waals surface area contributed by atoms with Crippen LogP contribution in [0.15, 0.2) is 149 Å². The third-order valence-electron chi connectivity index (χ3n) is 10.2. The summed E-state index contributed by atoms with van der Waals surface area (Å²) in [5, 5.41) is 1.00. The number of benzene rings is 6. The quantitative estimate of drug-likeness (QED) is 0.198. The van der Waals surface area contributed by atoms with E-state index in [0.29, 0.717) is 9.79 Å². The lowest BCUT2D eigenvalue weighted by Gasteiger charge is -2.34. The molecule has 0 saturated carbocycles. The molecule has 0 atom stereocenters. The molecule has 46 heavy (non-hydrogen) atoms. The van der Waals surface area contributed by atoms with Crippen LogP contribution in [0.3, 0.4) is 0 Å². The van der Waals surface area contributed by atoms with E-state index >= 15 is 0 Å². The minimum Gasteiger partial charge on any atom is -0.311 e. The summed E-state index contributed by atoms with van der Waals surface area (Å²) in [5.74, 6) is 0. The number of fused-ring (bicyclic) bond motifs is 5. The highest BCUT2D eigenvalue weighted by Gasteiger charge is 2.46. The Bertz CT molecular complexity index is 2430. The average Bonchev–Trinajstić information content (AvgIpc) is 3.57. The van der Waals surface area contributed by atoms with E-state index in [0.717, 1.165) is 45.4 Å². The van der Waals surface area contributed by atoms with Crippen LogP contribution in [0.1, 0.15) is 40.4 Å². The second-order valence-corrected chi connectivity index (χ2v) is 14.3. The molecule has 0 fully saturated rings. The standard InChI is InChI=1S/C42H31NO2S/c1-3-37-27(2)32-18-12-20-39-41(32)43(37)38-24-22-29(26-40(38)46(39,44)45)28-21-23-34-33-17-10-11-19-35(33)42(36(34)25-28,30-13-6-4-7-14-30)31-15-8-5-9-16-31/h4-26H,3H2,1-2H3. The highest BCUT2D eigenvalue weighted by atomic mass is 32.2. The molecule has 0 N–H and O–H groups in total. The van der Waals surface area contributed by atoms with Crippen molar-refractivity contribution in [3.63, 3.8) is 0 Å². The highest BCUT2D eigenvalue weighted by molar-refractivity contribution is 7.92. The van der Waals surface area contributed by atoms with E-state index < -0.39 is 15.3 Å². The Balaban J connectivity index is 1.31. The molecular weight excluding hydrogens is 583 g/mol. The van der Waals surface area contributed by atoms with Crippen LogP contribution in [-0.2, 0) is 21.7 Å². The van der Waals surface area contributed by atoms with Gasteiger partial charge in [-0.05, 0) is 87.7 Å². The zero-order valence-electron chi connectivity index (χ0n) is 25.7. The molecule has 6 aromatic carbocycles. The fraction of sp³-hybridized carbons (Fsp3) is 0.0952. The molecule has 0 amide bonds. The van der Waals surface area contributed by atoms with Crippen LogP contribution in [0.5, 0.6) is 0 Å². The van der Waals surface area contributed by atoms with Crippen LogP contribution < -0.4 is 0 Å². The van der Waals surface area contributed by atoms with Crippen LogP contribution in [0.4, 0.5) is 0 Å². The van der Waals surface area contributed by atoms with Gasteiger partial charge in [0.15, 0.2) is 0 Å². The van der Waals surface area contributed by atoms with Gasteiger partial charge in [-0.25, -0.2) is 8.42 Å². The number of aryl methyl sites for hydroxylation is 1. The SMILES string of the molecule is CCc1c(C)c2cccc3c2n1-c1ccc(-c2ccc4c(c2)C(c2ccccc2)(c2ccccc2)c2ccccc2-4)cc1S3(=O)=O. The lowest BCUT2D eigenvalue weighted by molar-refractivity contribution is 0.594. The molecule has 1 aromatic heterocycles. The first-order chi connectivity index (χ1) is 22.5. The van der Waals surface area contributed by atoms with Gasteiger partial charge in [0.05, 0.1) is 26.4 Å². The number of rotatable bonds is 4. The zero-order valence-corrected chi connectivity index (χ0v) is 26.5. The predicted molar refractivity (Wildman–Crippen MR) is 186 cm³/mol. The van der Waals surface area contributed by atoms with E-state index in [1.807, 2.05) is 24.3 Å². The van der Waals surface area contributed by atoms with Gasteiger partial charge in [-0.15, -0.1) is 0 Å². The van der Waals surface area contributed by atoms with Gasteiger partial charge in [0.25, 0.3) is 0 Å². The Morgan fingerprint density at radius 2 is 1.24 bits per heavy atom. The summed E-state index contributed by atoms with van der Waals surface area (Å²) in [6.07, 6.45) is 0.813. The number of para-hydroxylation sites is 1. The van der Waals surface area contributed by atoms with Gasteiger partial charge >= 0.3 is 0 Å². The van der Waals surface area contributed by atoms with Crippen LogP contribution in [0, 0.1) is 6.92 Å². The molecule has 2 heterocycles. The molecular formula is C42H31NO2S. The van der Waals surface area contributed by atoms with Gasteiger partial charge in [-0.1, -0.05) is 122 Å². The third kappa shape index (κ3) is 3.40. The fourth-order valence-electron chi connectivity index (χ4n) is 8.26. The second-order valence-electron chi connectivity index (χ2n) is 12.4. The number of hydrogen-bond acceptors (Lipinski definition) is 2. The van der Waals surface area contributed by atoms with E-state index in [1.165, 1.54) is 33.4 Å². The zero-order chi connectivity index (χ0) is 31.2. The van der Waals surface area contributed by atoms with Crippen molar-refractivity contribution in [3.8, 4) is 27.9 Å². The van der Waals surface area contributed by atoms with Crippen molar-refractivity contribution in [1.82, 2.24) is 4.57 Å². The van der Waals surface area contributed by atoms with Crippen molar-refractivity contribution in [1.29, 1.82) is 0 Å². The maximum atomic E-state index is 14.3. The van der Waals surface area contributed by atoms with Crippen LogP contribution in [0.25, 0.3) is 38.8 Å². The monoisotopic (exact) mass is 613 g/mol. The smallest absolute Gasteiger partial charge is 0.210 e. The lowest BCUT2D eigenvalue weighted by atomic mass is 9.67. The molecule has 7 aromatic rings. The summed E-state index contributed by atoms with van der Waals surface area (Å²) in [5.41, 5.74) is 12.4. The Kier molecular flexibility index (Phi) is 5.70. The Morgan fingerprint density at radius 1 is 0.609 bits per heavy atom. The molecule has 3 nitrogen and oxygen atoms in total. The molecule has 4 heteroatoms. The van der Waals surface area contributed by atoms with Crippen LogP contribution in [-0.4, -0.2) is 13.0 Å².